The summed E-state index contributed by atoms with van der Waals surface area (Å²) < 4.78 is 0. The van der Waals surface area contributed by atoms with Gasteiger partial charge >= 0.3 is 0 Å². The predicted octanol–water partition coefficient (Wildman–Crippen LogP) is 4.39. The molecule has 84 valence electrons. The third kappa shape index (κ3) is 2.23. The van der Waals surface area contributed by atoms with E-state index in [2.05, 4.69) is 47.8 Å². The normalized spacial score (nSPS) is 13.2. The first-order chi connectivity index (χ1) is 8.42. The summed E-state index contributed by atoms with van der Waals surface area (Å²) in [5.74, 6) is 0. The molecular weight excluding hydrogens is 206 g/mol. The zero-order valence-electron chi connectivity index (χ0n) is 9.69. The van der Waals surface area contributed by atoms with Crippen molar-refractivity contribution in [2.45, 2.75) is 12.8 Å². The van der Waals surface area contributed by atoms with Crippen LogP contribution in [0, 0.1) is 0 Å². The van der Waals surface area contributed by atoms with Crippen LogP contribution in [-0.2, 0) is 6.42 Å². The lowest BCUT2D eigenvalue weighted by Crippen LogP contribution is -1.96. The second-order valence-electron chi connectivity index (χ2n) is 4.35. The minimum Gasteiger partial charge on any atom is -0.356 e. The molecule has 0 saturated heterocycles. The first-order valence-electron chi connectivity index (χ1n) is 6.03. The van der Waals surface area contributed by atoms with E-state index in [-0.39, 0.29) is 0 Å². The summed E-state index contributed by atoms with van der Waals surface area (Å²) in [6.45, 7) is 0. The number of aryl methyl sites for hydroxylation is 1. The molecule has 0 saturated carbocycles. The monoisotopic (exact) mass is 221 g/mol. The van der Waals surface area contributed by atoms with Crippen LogP contribution < -0.4 is 5.32 Å². The average Bonchev–Trinajstić information content (AvgIpc) is 2.40. The molecular formula is C16H15N. The van der Waals surface area contributed by atoms with Gasteiger partial charge in [-0.3, -0.25) is 0 Å². The summed E-state index contributed by atoms with van der Waals surface area (Å²) in [6.07, 6.45) is 6.76. The molecule has 17 heavy (non-hydrogen) atoms. The zero-order valence-corrected chi connectivity index (χ0v) is 9.69. The Labute approximate surface area is 102 Å². The molecule has 1 aliphatic carbocycles. The Bertz CT molecular complexity index is 541. The molecule has 3 rings (SSSR count). The third-order valence-electron chi connectivity index (χ3n) is 3.08. The van der Waals surface area contributed by atoms with E-state index in [1.807, 2.05) is 18.2 Å². The number of hydrogen-bond acceptors (Lipinski definition) is 1. The van der Waals surface area contributed by atoms with Crippen molar-refractivity contribution in [1.29, 1.82) is 0 Å². The molecule has 0 aliphatic heterocycles. The van der Waals surface area contributed by atoms with Gasteiger partial charge in [0.05, 0.1) is 0 Å². The van der Waals surface area contributed by atoms with E-state index in [1.165, 1.54) is 16.8 Å². The third-order valence-corrected chi connectivity index (χ3v) is 3.08. The van der Waals surface area contributed by atoms with Crippen LogP contribution in [0.15, 0.2) is 54.6 Å². The van der Waals surface area contributed by atoms with Crippen LogP contribution in [0.2, 0.25) is 0 Å². The minimum absolute atomic E-state index is 1.14. The summed E-state index contributed by atoms with van der Waals surface area (Å²) >= 11 is 0. The van der Waals surface area contributed by atoms with Gasteiger partial charge in [-0.2, -0.15) is 0 Å². The van der Waals surface area contributed by atoms with Crippen LogP contribution in [0.3, 0.4) is 0 Å². The van der Waals surface area contributed by atoms with Crippen LogP contribution in [0.5, 0.6) is 0 Å². The van der Waals surface area contributed by atoms with Gasteiger partial charge in [-0.25, -0.2) is 0 Å². The molecule has 0 aromatic heterocycles. The maximum absolute atomic E-state index is 3.43. The molecule has 0 heterocycles. The van der Waals surface area contributed by atoms with E-state index in [1.54, 1.807) is 0 Å². The Morgan fingerprint density at radius 3 is 2.65 bits per heavy atom. The summed E-state index contributed by atoms with van der Waals surface area (Å²) in [4.78, 5) is 0. The number of para-hydroxylation sites is 1. The lowest BCUT2D eigenvalue weighted by atomic mass is 9.97. The van der Waals surface area contributed by atoms with Crippen molar-refractivity contribution in [3.63, 3.8) is 0 Å². The molecule has 1 N–H and O–H groups in total. The van der Waals surface area contributed by atoms with Gasteiger partial charge in [0.15, 0.2) is 0 Å². The zero-order chi connectivity index (χ0) is 11.5. The fourth-order valence-corrected chi connectivity index (χ4v) is 2.20. The summed E-state index contributed by atoms with van der Waals surface area (Å²) in [5, 5.41) is 3.43. The molecule has 0 unspecified atom stereocenters. The Balaban J connectivity index is 1.87. The maximum atomic E-state index is 3.43. The van der Waals surface area contributed by atoms with Crippen LogP contribution in [0.1, 0.15) is 17.5 Å². The highest BCUT2D eigenvalue weighted by atomic mass is 14.9. The van der Waals surface area contributed by atoms with Crippen molar-refractivity contribution in [2.24, 2.45) is 0 Å². The van der Waals surface area contributed by atoms with Gasteiger partial charge in [-0.1, -0.05) is 36.4 Å². The highest BCUT2D eigenvalue weighted by Gasteiger charge is 2.05. The molecule has 1 heteroatoms. The van der Waals surface area contributed by atoms with Gasteiger partial charge < -0.3 is 5.32 Å². The number of nitrogens with one attached hydrogen (secondary N) is 1. The van der Waals surface area contributed by atoms with E-state index < -0.39 is 0 Å². The highest BCUT2D eigenvalue weighted by Crippen LogP contribution is 2.24. The Morgan fingerprint density at radius 2 is 1.76 bits per heavy atom. The van der Waals surface area contributed by atoms with Crippen molar-refractivity contribution >= 4 is 17.5 Å². The van der Waals surface area contributed by atoms with E-state index >= 15 is 0 Å². The molecule has 1 aliphatic rings. The number of allylic oxidation sites excluding steroid dienone is 1. The van der Waals surface area contributed by atoms with Gasteiger partial charge in [0.25, 0.3) is 0 Å². The van der Waals surface area contributed by atoms with Crippen molar-refractivity contribution in [2.75, 3.05) is 5.32 Å². The quantitative estimate of drug-likeness (QED) is 0.793. The Morgan fingerprint density at radius 1 is 0.882 bits per heavy atom. The first kappa shape index (κ1) is 10.2. The Kier molecular flexibility index (Phi) is 2.66. The van der Waals surface area contributed by atoms with Crippen molar-refractivity contribution in [1.82, 2.24) is 0 Å². The van der Waals surface area contributed by atoms with Crippen molar-refractivity contribution in [3.8, 4) is 0 Å². The second kappa shape index (κ2) is 4.46. The topological polar surface area (TPSA) is 12.0 Å². The summed E-state index contributed by atoms with van der Waals surface area (Å²) in [7, 11) is 0. The second-order valence-corrected chi connectivity index (χ2v) is 4.35. The fourth-order valence-electron chi connectivity index (χ4n) is 2.20. The van der Waals surface area contributed by atoms with E-state index in [0.717, 1.165) is 18.5 Å². The van der Waals surface area contributed by atoms with Gasteiger partial charge in [0.1, 0.15) is 0 Å². The molecule has 1 nitrogen and oxygen atoms in total. The van der Waals surface area contributed by atoms with Crippen LogP contribution >= 0.6 is 0 Å². The molecule has 0 radical (unpaired) electrons. The van der Waals surface area contributed by atoms with Crippen molar-refractivity contribution in [3.05, 3.63) is 65.7 Å². The minimum atomic E-state index is 1.14. The molecule has 0 atom stereocenters. The van der Waals surface area contributed by atoms with Gasteiger partial charge in [0, 0.05) is 11.4 Å². The van der Waals surface area contributed by atoms with E-state index in [4.69, 9.17) is 0 Å². The number of hydrogen-bond donors (Lipinski definition) is 1. The molecule has 0 fully saturated rings. The van der Waals surface area contributed by atoms with Crippen LogP contribution in [0.4, 0.5) is 11.4 Å². The molecule has 0 spiro atoms. The van der Waals surface area contributed by atoms with E-state index in [9.17, 15) is 0 Å². The molecule has 0 bridgehead atoms. The number of benzene rings is 2. The van der Waals surface area contributed by atoms with Crippen LogP contribution in [-0.4, -0.2) is 0 Å². The van der Waals surface area contributed by atoms with Gasteiger partial charge in [-0.15, -0.1) is 0 Å². The highest BCUT2D eigenvalue weighted by molar-refractivity contribution is 5.65. The largest absolute Gasteiger partial charge is 0.356 e. The number of fused-ring (bicyclic) bond motifs is 1. The van der Waals surface area contributed by atoms with E-state index in [0.29, 0.717) is 0 Å². The lowest BCUT2D eigenvalue weighted by Gasteiger charge is -2.13. The fraction of sp³-hybridized carbons (Fsp3) is 0.125. The first-order valence-corrected chi connectivity index (χ1v) is 6.03. The molecule has 2 aromatic rings. The van der Waals surface area contributed by atoms with Gasteiger partial charge in [0.2, 0.25) is 0 Å². The number of rotatable bonds is 2. The molecule has 0 amide bonds. The lowest BCUT2D eigenvalue weighted by molar-refractivity contribution is 0.986. The van der Waals surface area contributed by atoms with Crippen molar-refractivity contribution < 1.29 is 0 Å². The Hall–Kier alpha value is -2.02. The summed E-state index contributed by atoms with van der Waals surface area (Å²) in [5.41, 5.74) is 5.10. The maximum Gasteiger partial charge on any atom is 0.0387 e. The predicted molar refractivity (Wildman–Crippen MR) is 73.5 cm³/mol. The van der Waals surface area contributed by atoms with Crippen LogP contribution in [0.25, 0.3) is 6.08 Å². The summed E-state index contributed by atoms with van der Waals surface area (Å²) in [6, 6.07) is 16.9. The van der Waals surface area contributed by atoms with Gasteiger partial charge in [-0.05, 0) is 48.2 Å². The average molecular weight is 221 g/mol. The number of anilines is 2. The SMILES string of the molecule is C1=Cc2ccc(Nc3ccccc3)cc2CC1. The molecule has 2 aromatic carbocycles. The smallest absolute Gasteiger partial charge is 0.0387 e. The standard InChI is InChI=1S/C16H15N/c1-2-8-15(9-3-1)17-16-11-10-13-6-4-5-7-14(13)12-16/h1-4,6,8-12,17H,5,7H2.